The van der Waals surface area contributed by atoms with Crippen molar-refractivity contribution in [2.45, 2.75) is 381 Å². The van der Waals surface area contributed by atoms with Crippen LogP contribution in [0.4, 0.5) is 0 Å². The van der Waals surface area contributed by atoms with Crippen molar-refractivity contribution in [2.75, 3.05) is 26.4 Å². The molecule has 0 aromatic carbocycles. The number of aliphatic hydroxyl groups is 11. The fourth-order valence-corrected chi connectivity index (χ4v) is 12.1. The fourth-order valence-electron chi connectivity index (χ4n) is 12.1. The summed E-state index contributed by atoms with van der Waals surface area (Å²) >= 11 is 0. The Hall–Kier alpha value is -1.47. The molecule has 12 N–H and O–H groups in total. The number of allylic oxidation sites excluding steroid dienone is 2. The van der Waals surface area contributed by atoms with Crippen molar-refractivity contribution < 1.29 is 89.4 Å². The molecular formula is C67H127NO18. The molecule has 19 heteroatoms. The number of hydrogen-bond donors (Lipinski definition) is 12. The molecule has 17 unspecified atom stereocenters. The summed E-state index contributed by atoms with van der Waals surface area (Å²) in [7, 11) is 0. The smallest absolute Gasteiger partial charge is 0.220 e. The minimum Gasteiger partial charge on any atom is -0.394 e. The first-order chi connectivity index (χ1) is 41.8. The predicted octanol–water partition coefficient (Wildman–Crippen LogP) is 8.89. The third-order valence-electron chi connectivity index (χ3n) is 17.8. The van der Waals surface area contributed by atoms with Gasteiger partial charge >= 0.3 is 0 Å². The predicted molar refractivity (Wildman–Crippen MR) is 333 cm³/mol. The van der Waals surface area contributed by atoms with Gasteiger partial charge in [-0.1, -0.05) is 244 Å². The van der Waals surface area contributed by atoms with E-state index in [0.717, 1.165) is 51.4 Å². The van der Waals surface area contributed by atoms with Crippen molar-refractivity contribution >= 4 is 5.91 Å². The Morgan fingerprint density at radius 2 is 0.733 bits per heavy atom. The average Bonchev–Trinajstić information content (AvgIpc) is 2.21. The van der Waals surface area contributed by atoms with Crippen LogP contribution in [0.3, 0.4) is 0 Å². The quantitative estimate of drug-likeness (QED) is 0.0200. The second-order valence-corrected chi connectivity index (χ2v) is 25.3. The summed E-state index contributed by atoms with van der Waals surface area (Å²) in [6.07, 6.45) is 27.1. The third kappa shape index (κ3) is 32.2. The number of unbranched alkanes of at least 4 members (excludes halogenated alkanes) is 36. The van der Waals surface area contributed by atoms with Gasteiger partial charge in [-0.2, -0.15) is 0 Å². The Balaban J connectivity index is 1.44. The molecule has 3 aliphatic rings. The first-order valence-corrected chi connectivity index (χ1v) is 34.9. The molecule has 3 aliphatic heterocycles. The number of hydrogen-bond acceptors (Lipinski definition) is 18. The van der Waals surface area contributed by atoms with Gasteiger partial charge in [0.15, 0.2) is 18.9 Å². The number of aliphatic hydroxyl groups excluding tert-OH is 11. The Kier molecular flexibility index (Phi) is 45.9. The van der Waals surface area contributed by atoms with Crippen molar-refractivity contribution in [1.29, 1.82) is 0 Å². The number of nitrogens with one attached hydrogen (secondary N) is 1. The van der Waals surface area contributed by atoms with E-state index in [-0.39, 0.29) is 18.9 Å². The summed E-state index contributed by atoms with van der Waals surface area (Å²) in [6, 6.07) is -0.886. The fraction of sp³-hybridized carbons (Fsp3) is 0.955. The number of rotatable bonds is 54. The Morgan fingerprint density at radius 1 is 0.407 bits per heavy atom. The van der Waals surface area contributed by atoms with Crippen LogP contribution in [0.25, 0.3) is 0 Å². The maximum absolute atomic E-state index is 13.4. The molecule has 3 heterocycles. The van der Waals surface area contributed by atoms with Gasteiger partial charge in [-0.3, -0.25) is 4.79 Å². The summed E-state index contributed by atoms with van der Waals surface area (Å²) in [6.45, 7) is 1.83. The molecule has 3 saturated heterocycles. The van der Waals surface area contributed by atoms with Crippen LogP contribution in [0.15, 0.2) is 12.2 Å². The van der Waals surface area contributed by atoms with E-state index in [1.807, 2.05) is 0 Å². The van der Waals surface area contributed by atoms with Crippen LogP contribution in [-0.4, -0.2) is 193 Å². The molecule has 0 bridgehead atoms. The number of carbonyl (C=O) groups is 1. The molecule has 3 rings (SSSR count). The number of ether oxygens (including phenoxy) is 6. The standard InChI is InChI=1S/C67H127NO18/c1-3-5-7-9-11-13-15-17-19-21-23-25-27-29-31-33-35-37-39-41-43-45-55(73)68-50(51(72)44-42-40-38-36-34-32-30-28-26-24-22-20-18-16-14-12-10-8-6-4-2)49-81-65-61(79)58(76)63(53(47-70)83-65)86-67-62(80)59(77)64(54(48-71)84-67)85-66-60(78)57(75)56(74)52(46-69)82-66/h21,23,50-54,56-67,69-72,74-80H,3-20,22,24-49H2,1-2H3,(H,68,73)/b23-21-. The summed E-state index contributed by atoms with van der Waals surface area (Å²) in [5.74, 6) is -0.241. The van der Waals surface area contributed by atoms with E-state index < -0.39 is 124 Å². The van der Waals surface area contributed by atoms with Crippen LogP contribution in [0.1, 0.15) is 277 Å². The van der Waals surface area contributed by atoms with E-state index >= 15 is 0 Å². The van der Waals surface area contributed by atoms with Gasteiger partial charge in [0.05, 0.1) is 38.6 Å². The van der Waals surface area contributed by atoms with Crippen LogP contribution in [0, 0.1) is 0 Å². The maximum Gasteiger partial charge on any atom is 0.220 e. The summed E-state index contributed by atoms with van der Waals surface area (Å²) in [4.78, 5) is 13.4. The Bertz CT molecular complexity index is 1620. The molecule has 3 fully saturated rings. The SMILES string of the molecule is CCCCCCCCCC/C=C\CCCCCCCCCCCC(=O)NC(COC1OC(CO)C(OC2OC(CO)C(OC3OC(CO)C(O)C(O)C3O)C(O)C2O)C(O)C1O)C(O)CCCCCCCCCCCCCCCCCCCCCC. The second kappa shape index (κ2) is 50.1. The lowest BCUT2D eigenvalue weighted by atomic mass is 9.96. The van der Waals surface area contributed by atoms with E-state index in [2.05, 4.69) is 31.3 Å². The van der Waals surface area contributed by atoms with Crippen LogP contribution in [-0.2, 0) is 33.2 Å². The highest BCUT2D eigenvalue weighted by Crippen LogP contribution is 2.33. The summed E-state index contributed by atoms with van der Waals surface area (Å²) < 4.78 is 34.4. The summed E-state index contributed by atoms with van der Waals surface area (Å²) in [5, 5.41) is 121. The Morgan fingerprint density at radius 3 is 1.13 bits per heavy atom. The lowest BCUT2D eigenvalue weighted by Crippen LogP contribution is -2.66. The van der Waals surface area contributed by atoms with Gasteiger partial charge in [0.1, 0.15) is 73.2 Å². The van der Waals surface area contributed by atoms with Gasteiger partial charge in [0, 0.05) is 6.42 Å². The summed E-state index contributed by atoms with van der Waals surface area (Å²) in [5.41, 5.74) is 0. The van der Waals surface area contributed by atoms with Gasteiger partial charge in [0.25, 0.3) is 0 Å². The molecule has 0 saturated carbocycles. The highest BCUT2D eigenvalue weighted by atomic mass is 16.8. The van der Waals surface area contributed by atoms with E-state index in [9.17, 15) is 61.0 Å². The monoisotopic (exact) mass is 1230 g/mol. The minimum absolute atomic E-state index is 0.241. The van der Waals surface area contributed by atoms with Gasteiger partial charge in [-0.05, 0) is 38.5 Å². The zero-order valence-electron chi connectivity index (χ0n) is 53.6. The van der Waals surface area contributed by atoms with Crippen LogP contribution >= 0.6 is 0 Å². The van der Waals surface area contributed by atoms with E-state index in [1.165, 1.54) is 193 Å². The first kappa shape index (κ1) is 78.8. The first-order valence-electron chi connectivity index (χ1n) is 34.9. The molecular weight excluding hydrogens is 1110 g/mol. The van der Waals surface area contributed by atoms with Gasteiger partial charge in [-0.25, -0.2) is 0 Å². The molecule has 86 heavy (non-hydrogen) atoms. The molecule has 0 spiro atoms. The van der Waals surface area contributed by atoms with Crippen LogP contribution in [0.2, 0.25) is 0 Å². The molecule has 17 atom stereocenters. The molecule has 1 amide bonds. The van der Waals surface area contributed by atoms with Gasteiger partial charge in [-0.15, -0.1) is 0 Å². The van der Waals surface area contributed by atoms with Crippen LogP contribution < -0.4 is 5.32 Å². The lowest BCUT2D eigenvalue weighted by Gasteiger charge is -2.48. The van der Waals surface area contributed by atoms with Crippen molar-refractivity contribution in [1.82, 2.24) is 5.32 Å². The minimum atomic E-state index is -1.97. The molecule has 0 radical (unpaired) electrons. The van der Waals surface area contributed by atoms with Crippen molar-refractivity contribution in [3.05, 3.63) is 12.2 Å². The normalized spacial score (nSPS) is 28.8. The largest absolute Gasteiger partial charge is 0.394 e. The van der Waals surface area contributed by atoms with Crippen LogP contribution in [0.5, 0.6) is 0 Å². The average molecular weight is 1230 g/mol. The maximum atomic E-state index is 13.4. The molecule has 508 valence electrons. The Labute approximate surface area is 518 Å². The molecule has 0 aromatic rings. The van der Waals surface area contributed by atoms with E-state index in [1.54, 1.807) is 0 Å². The molecule has 19 nitrogen and oxygen atoms in total. The van der Waals surface area contributed by atoms with Crippen molar-refractivity contribution in [3.8, 4) is 0 Å². The zero-order valence-corrected chi connectivity index (χ0v) is 53.6. The van der Waals surface area contributed by atoms with Crippen molar-refractivity contribution in [3.63, 3.8) is 0 Å². The molecule has 0 aromatic heterocycles. The topological polar surface area (TPSA) is 307 Å². The van der Waals surface area contributed by atoms with E-state index in [4.69, 9.17) is 28.4 Å². The van der Waals surface area contributed by atoms with E-state index in [0.29, 0.717) is 12.8 Å². The zero-order chi connectivity index (χ0) is 62.6. The lowest BCUT2D eigenvalue weighted by molar-refractivity contribution is -0.379. The number of amides is 1. The second-order valence-electron chi connectivity index (χ2n) is 25.3. The molecule has 0 aliphatic carbocycles. The highest BCUT2D eigenvalue weighted by molar-refractivity contribution is 5.76. The third-order valence-corrected chi connectivity index (χ3v) is 17.8. The van der Waals surface area contributed by atoms with Gasteiger partial charge in [0.2, 0.25) is 5.91 Å². The van der Waals surface area contributed by atoms with Crippen molar-refractivity contribution in [2.24, 2.45) is 0 Å². The highest BCUT2D eigenvalue weighted by Gasteiger charge is 2.53. The van der Waals surface area contributed by atoms with Gasteiger partial charge < -0.3 is 89.9 Å². The number of carbonyl (C=O) groups excluding carboxylic acids is 1.